The molecule has 0 aliphatic carbocycles. The highest BCUT2D eigenvalue weighted by Gasteiger charge is 2.26. The van der Waals surface area contributed by atoms with Crippen LogP contribution in [-0.2, 0) is 0 Å². The Morgan fingerprint density at radius 2 is 1.88 bits per heavy atom. The summed E-state index contributed by atoms with van der Waals surface area (Å²) in [4.78, 5) is 0. The van der Waals surface area contributed by atoms with E-state index in [4.69, 9.17) is 0 Å². The topological polar surface area (TPSA) is 0 Å². The Bertz CT molecular complexity index is 362. The van der Waals surface area contributed by atoms with Gasteiger partial charge in [0.15, 0.2) is 0 Å². The van der Waals surface area contributed by atoms with Crippen LogP contribution in [-0.4, -0.2) is 25.1 Å². The Labute approximate surface area is 99.3 Å². The van der Waals surface area contributed by atoms with Crippen molar-refractivity contribution < 1.29 is 4.48 Å². The summed E-state index contributed by atoms with van der Waals surface area (Å²) in [6, 6.07) is 10.8. The Morgan fingerprint density at radius 3 is 2.31 bits per heavy atom. The van der Waals surface area contributed by atoms with Gasteiger partial charge in [0.2, 0.25) is 0 Å². The zero-order valence-corrected chi connectivity index (χ0v) is 10.6. The van der Waals surface area contributed by atoms with Crippen molar-refractivity contribution >= 4 is 0 Å². The summed E-state index contributed by atoms with van der Waals surface area (Å²) >= 11 is 0. The van der Waals surface area contributed by atoms with Crippen LogP contribution < -0.4 is 0 Å². The minimum atomic E-state index is 0.318. The van der Waals surface area contributed by atoms with Crippen molar-refractivity contribution in [2.75, 3.05) is 20.6 Å². The predicted molar refractivity (Wildman–Crippen MR) is 71.2 cm³/mol. The molecule has 16 heavy (non-hydrogen) atoms. The first-order valence-corrected chi connectivity index (χ1v) is 5.62. The number of hydrogen-bond acceptors (Lipinski definition) is 0. The van der Waals surface area contributed by atoms with Crippen LogP contribution in [0, 0.1) is 0 Å². The number of likely N-dealkylation sites (N-methyl/N-ethyl adjacent to an activating group) is 1. The van der Waals surface area contributed by atoms with Gasteiger partial charge in [0, 0.05) is 5.56 Å². The van der Waals surface area contributed by atoms with Crippen LogP contribution in [0.4, 0.5) is 0 Å². The van der Waals surface area contributed by atoms with Crippen molar-refractivity contribution in [3.05, 3.63) is 60.7 Å². The van der Waals surface area contributed by atoms with Gasteiger partial charge in [-0.15, -0.1) is 0 Å². The molecular formula is C15H22N+. The molecule has 1 rings (SSSR count). The molecule has 1 atom stereocenters. The molecule has 0 aromatic heterocycles. The third-order valence-corrected chi connectivity index (χ3v) is 2.79. The van der Waals surface area contributed by atoms with E-state index in [1.54, 1.807) is 0 Å². The van der Waals surface area contributed by atoms with Crippen LogP contribution in [0.15, 0.2) is 55.1 Å². The third-order valence-electron chi connectivity index (χ3n) is 2.79. The molecule has 86 valence electrons. The Hall–Kier alpha value is -1.34. The van der Waals surface area contributed by atoms with Crippen molar-refractivity contribution in [2.24, 2.45) is 0 Å². The Balaban J connectivity index is 2.98. The molecule has 0 radical (unpaired) electrons. The fourth-order valence-electron chi connectivity index (χ4n) is 2.27. The molecule has 0 bridgehead atoms. The second kappa shape index (κ2) is 5.13. The molecule has 1 nitrogen and oxygen atoms in total. The van der Waals surface area contributed by atoms with Gasteiger partial charge in [-0.1, -0.05) is 43.5 Å². The van der Waals surface area contributed by atoms with Crippen molar-refractivity contribution in [3.63, 3.8) is 0 Å². The molecule has 0 aliphatic heterocycles. The highest BCUT2D eigenvalue weighted by atomic mass is 15.3. The minimum absolute atomic E-state index is 0.318. The van der Waals surface area contributed by atoms with Crippen LogP contribution >= 0.6 is 0 Å². The molecule has 0 aliphatic rings. The normalized spacial score (nSPS) is 13.2. The van der Waals surface area contributed by atoms with Gasteiger partial charge in [-0.2, -0.15) is 0 Å². The van der Waals surface area contributed by atoms with Gasteiger partial charge in [0.1, 0.15) is 12.6 Å². The van der Waals surface area contributed by atoms with Crippen LogP contribution in [0.25, 0.3) is 0 Å². The monoisotopic (exact) mass is 216 g/mol. The first-order valence-electron chi connectivity index (χ1n) is 5.62. The van der Waals surface area contributed by atoms with Crippen molar-refractivity contribution in [3.8, 4) is 0 Å². The summed E-state index contributed by atoms with van der Waals surface area (Å²) in [6.45, 7) is 11.0. The highest BCUT2D eigenvalue weighted by Crippen LogP contribution is 2.26. The first-order chi connectivity index (χ1) is 7.47. The summed E-state index contributed by atoms with van der Waals surface area (Å²) in [5.41, 5.74) is 2.51. The number of hydrogen-bond donors (Lipinski definition) is 0. The molecular weight excluding hydrogens is 194 g/mol. The largest absolute Gasteiger partial charge is 0.316 e. The second-order valence-corrected chi connectivity index (χ2v) is 4.99. The van der Waals surface area contributed by atoms with Crippen molar-refractivity contribution in [2.45, 2.75) is 13.0 Å². The smallest absolute Gasteiger partial charge is 0.133 e. The van der Waals surface area contributed by atoms with Crippen LogP contribution in [0.5, 0.6) is 0 Å². The molecule has 1 aromatic carbocycles. The molecule has 1 unspecified atom stereocenters. The summed E-state index contributed by atoms with van der Waals surface area (Å²) in [5, 5.41) is 0. The average molecular weight is 216 g/mol. The minimum Gasteiger partial charge on any atom is -0.316 e. The van der Waals surface area contributed by atoms with Gasteiger partial charge in [-0.25, -0.2) is 0 Å². The molecule has 0 saturated carbocycles. The number of benzene rings is 1. The predicted octanol–water partition coefficient (Wildman–Crippen LogP) is 3.57. The maximum Gasteiger partial charge on any atom is 0.133 e. The lowest BCUT2D eigenvalue weighted by Crippen LogP contribution is -2.43. The van der Waals surface area contributed by atoms with Crippen LogP contribution in [0.2, 0.25) is 0 Å². The molecule has 0 saturated heterocycles. The fourth-order valence-corrected chi connectivity index (χ4v) is 2.27. The van der Waals surface area contributed by atoms with E-state index in [-0.39, 0.29) is 0 Å². The van der Waals surface area contributed by atoms with Gasteiger partial charge in [-0.3, -0.25) is 0 Å². The zero-order valence-electron chi connectivity index (χ0n) is 10.6. The molecule has 0 N–H and O–H groups in total. The van der Waals surface area contributed by atoms with Crippen molar-refractivity contribution in [1.29, 1.82) is 0 Å². The van der Waals surface area contributed by atoms with E-state index >= 15 is 0 Å². The lowest BCUT2D eigenvalue weighted by Gasteiger charge is -2.37. The molecule has 1 aromatic rings. The molecule has 0 spiro atoms. The average Bonchev–Trinajstić information content (AvgIpc) is 2.17. The van der Waals surface area contributed by atoms with Gasteiger partial charge in [-0.05, 0) is 18.6 Å². The Morgan fingerprint density at radius 1 is 1.31 bits per heavy atom. The van der Waals surface area contributed by atoms with Crippen LogP contribution in [0.3, 0.4) is 0 Å². The van der Waals surface area contributed by atoms with E-state index in [0.29, 0.717) is 6.04 Å². The zero-order chi connectivity index (χ0) is 12.2. The number of quaternary nitrogens is 1. The SMILES string of the molecule is C=CC(c1ccccc1)[N+](C)(C)CC(=C)C. The first kappa shape index (κ1) is 12.7. The van der Waals surface area contributed by atoms with Crippen LogP contribution in [0.1, 0.15) is 18.5 Å². The van der Waals surface area contributed by atoms with E-state index in [1.165, 1.54) is 11.1 Å². The van der Waals surface area contributed by atoms with E-state index < -0.39 is 0 Å². The van der Waals surface area contributed by atoms with E-state index in [9.17, 15) is 0 Å². The van der Waals surface area contributed by atoms with E-state index in [2.05, 4.69) is 58.4 Å². The molecule has 1 heteroatoms. The lowest BCUT2D eigenvalue weighted by atomic mass is 10.0. The number of rotatable bonds is 5. The lowest BCUT2D eigenvalue weighted by molar-refractivity contribution is -0.909. The fraction of sp³-hybridized carbons (Fsp3) is 0.333. The summed E-state index contributed by atoms with van der Waals surface area (Å²) in [5.74, 6) is 0. The van der Waals surface area contributed by atoms with E-state index in [0.717, 1.165) is 11.0 Å². The molecule has 0 amide bonds. The molecule has 0 fully saturated rings. The van der Waals surface area contributed by atoms with Gasteiger partial charge in [0.25, 0.3) is 0 Å². The van der Waals surface area contributed by atoms with Gasteiger partial charge >= 0.3 is 0 Å². The van der Waals surface area contributed by atoms with Crippen molar-refractivity contribution in [1.82, 2.24) is 0 Å². The summed E-state index contributed by atoms with van der Waals surface area (Å²) in [7, 11) is 4.43. The Kier molecular flexibility index (Phi) is 4.08. The van der Waals surface area contributed by atoms with Gasteiger partial charge in [0.05, 0.1) is 14.1 Å². The highest BCUT2D eigenvalue weighted by molar-refractivity contribution is 5.20. The maximum absolute atomic E-state index is 4.00. The summed E-state index contributed by atoms with van der Waals surface area (Å²) < 4.78 is 0.864. The third kappa shape index (κ3) is 3.07. The second-order valence-electron chi connectivity index (χ2n) is 4.99. The quantitative estimate of drug-likeness (QED) is 0.521. The number of nitrogens with zero attached hydrogens (tertiary/aromatic N) is 1. The standard InChI is InChI=1S/C15H22N/c1-6-15(14-10-8-7-9-11-14)16(4,5)12-13(2)3/h6-11,15H,1-2,12H2,3-5H3/q+1. The summed E-state index contributed by atoms with van der Waals surface area (Å²) in [6.07, 6.45) is 2.03. The molecule has 0 heterocycles. The van der Waals surface area contributed by atoms with Gasteiger partial charge < -0.3 is 4.48 Å². The van der Waals surface area contributed by atoms with E-state index in [1.807, 2.05) is 12.1 Å². The maximum atomic E-state index is 4.00.